The highest BCUT2D eigenvalue weighted by molar-refractivity contribution is 8.00. The summed E-state index contributed by atoms with van der Waals surface area (Å²) in [5.74, 6) is 1.31. The van der Waals surface area contributed by atoms with Gasteiger partial charge in [0.15, 0.2) is 0 Å². The van der Waals surface area contributed by atoms with Gasteiger partial charge in [0.25, 0.3) is 0 Å². The molecule has 1 aliphatic heterocycles. The van der Waals surface area contributed by atoms with E-state index >= 15 is 0 Å². The zero-order valence-electron chi connectivity index (χ0n) is 9.05. The molecule has 1 saturated heterocycles. The second kappa shape index (κ2) is 5.89. The van der Waals surface area contributed by atoms with Crippen LogP contribution in [0.2, 0.25) is 0 Å². The van der Waals surface area contributed by atoms with Crippen LogP contribution in [0.15, 0.2) is 0 Å². The van der Waals surface area contributed by atoms with E-state index in [9.17, 15) is 0 Å². The first-order valence-electron chi connectivity index (χ1n) is 5.27. The average molecular weight is 202 g/mol. The summed E-state index contributed by atoms with van der Waals surface area (Å²) >= 11 is 2.14. The molecule has 2 atom stereocenters. The average Bonchev–Trinajstić information content (AvgIpc) is 2.18. The van der Waals surface area contributed by atoms with Crippen molar-refractivity contribution >= 4 is 11.8 Å². The van der Waals surface area contributed by atoms with Crippen molar-refractivity contribution in [1.29, 1.82) is 0 Å². The molecule has 2 unspecified atom stereocenters. The molecule has 1 fully saturated rings. The van der Waals surface area contributed by atoms with Crippen molar-refractivity contribution in [3.8, 4) is 0 Å². The van der Waals surface area contributed by atoms with Gasteiger partial charge in [0, 0.05) is 36.7 Å². The molecule has 1 heterocycles. The van der Waals surface area contributed by atoms with Crippen molar-refractivity contribution < 1.29 is 0 Å². The van der Waals surface area contributed by atoms with Crippen molar-refractivity contribution in [1.82, 2.24) is 10.2 Å². The van der Waals surface area contributed by atoms with E-state index in [-0.39, 0.29) is 0 Å². The zero-order chi connectivity index (χ0) is 9.68. The fraction of sp³-hybridized carbons (Fsp3) is 1.00. The summed E-state index contributed by atoms with van der Waals surface area (Å²) in [4.78, 5) is 2.59. The maximum atomic E-state index is 3.30. The highest BCUT2D eigenvalue weighted by Crippen LogP contribution is 2.20. The van der Waals surface area contributed by atoms with Crippen LogP contribution in [-0.4, -0.2) is 48.6 Å². The summed E-state index contributed by atoms with van der Waals surface area (Å²) in [6.45, 7) is 8.30. The van der Waals surface area contributed by atoms with E-state index in [1.54, 1.807) is 0 Å². The number of nitrogens with zero attached hydrogens (tertiary/aromatic N) is 1. The van der Waals surface area contributed by atoms with Crippen LogP contribution >= 0.6 is 11.8 Å². The van der Waals surface area contributed by atoms with Gasteiger partial charge in [-0.15, -0.1) is 0 Å². The number of hydrogen-bond donors (Lipinski definition) is 1. The Kier molecular flexibility index (Phi) is 5.14. The summed E-state index contributed by atoms with van der Waals surface area (Å²) in [6, 6.07) is 0.626. The van der Waals surface area contributed by atoms with E-state index < -0.39 is 0 Å². The molecule has 0 spiro atoms. The van der Waals surface area contributed by atoms with Crippen LogP contribution in [0.25, 0.3) is 0 Å². The van der Waals surface area contributed by atoms with Crippen molar-refractivity contribution in [3.05, 3.63) is 0 Å². The number of likely N-dealkylation sites (N-methyl/N-ethyl adjacent to an activating group) is 1. The smallest absolute Gasteiger partial charge is 0.0172 e. The molecule has 0 radical (unpaired) electrons. The van der Waals surface area contributed by atoms with Crippen molar-refractivity contribution in [3.63, 3.8) is 0 Å². The minimum atomic E-state index is 0.626. The molecule has 0 amide bonds. The van der Waals surface area contributed by atoms with E-state index in [1.165, 1.54) is 31.8 Å². The molecular formula is C10H22N2S. The van der Waals surface area contributed by atoms with Gasteiger partial charge in [-0.2, -0.15) is 11.8 Å². The van der Waals surface area contributed by atoms with Crippen LogP contribution in [0.4, 0.5) is 0 Å². The lowest BCUT2D eigenvalue weighted by Gasteiger charge is -2.33. The first-order chi connectivity index (χ1) is 6.26. The monoisotopic (exact) mass is 202 g/mol. The fourth-order valence-corrected chi connectivity index (χ4v) is 2.92. The third-order valence-corrected chi connectivity index (χ3v) is 4.08. The van der Waals surface area contributed by atoms with Crippen LogP contribution in [0.3, 0.4) is 0 Å². The molecule has 0 aromatic heterocycles. The van der Waals surface area contributed by atoms with Gasteiger partial charge in [0.05, 0.1) is 0 Å². The highest BCUT2D eigenvalue weighted by Gasteiger charge is 2.19. The normalized spacial score (nSPS) is 27.5. The van der Waals surface area contributed by atoms with E-state index in [0.29, 0.717) is 6.04 Å². The minimum Gasteiger partial charge on any atom is -0.316 e. The lowest BCUT2D eigenvalue weighted by Crippen LogP contribution is -2.44. The molecule has 1 N–H and O–H groups in total. The van der Waals surface area contributed by atoms with Gasteiger partial charge in [-0.25, -0.2) is 0 Å². The van der Waals surface area contributed by atoms with Crippen molar-refractivity contribution in [2.75, 3.05) is 32.4 Å². The van der Waals surface area contributed by atoms with Gasteiger partial charge in [0.1, 0.15) is 0 Å². The number of hydrogen-bond acceptors (Lipinski definition) is 3. The van der Waals surface area contributed by atoms with Crippen LogP contribution in [0, 0.1) is 0 Å². The minimum absolute atomic E-state index is 0.626. The molecule has 3 heteroatoms. The zero-order valence-corrected chi connectivity index (χ0v) is 9.86. The molecule has 1 aliphatic rings. The molecule has 0 aliphatic carbocycles. The van der Waals surface area contributed by atoms with Gasteiger partial charge in [-0.1, -0.05) is 6.92 Å². The Morgan fingerprint density at radius 3 is 3.00 bits per heavy atom. The summed E-state index contributed by atoms with van der Waals surface area (Å²) in [5.41, 5.74) is 0. The quantitative estimate of drug-likeness (QED) is 0.742. The summed E-state index contributed by atoms with van der Waals surface area (Å²) < 4.78 is 0. The predicted octanol–water partition coefficient (Wildman–Crippen LogP) is 1.42. The van der Waals surface area contributed by atoms with Gasteiger partial charge in [0.2, 0.25) is 0 Å². The number of thioether (sulfide) groups is 1. The Morgan fingerprint density at radius 1 is 1.62 bits per heavy atom. The van der Waals surface area contributed by atoms with Gasteiger partial charge in [-0.3, -0.25) is 4.90 Å². The summed E-state index contributed by atoms with van der Waals surface area (Å²) in [7, 11) is 2.04. The third-order valence-electron chi connectivity index (χ3n) is 2.70. The molecule has 0 aromatic carbocycles. The Balaban J connectivity index is 2.25. The first-order valence-corrected chi connectivity index (χ1v) is 6.32. The Labute approximate surface area is 86.5 Å². The Bertz CT molecular complexity index is 139. The van der Waals surface area contributed by atoms with Crippen LogP contribution in [0.1, 0.15) is 20.3 Å². The van der Waals surface area contributed by atoms with Crippen molar-refractivity contribution in [2.45, 2.75) is 31.6 Å². The molecular weight excluding hydrogens is 180 g/mol. The SMILES string of the molecule is CCC1CN(CC(C)NC)CCS1. The van der Waals surface area contributed by atoms with E-state index in [0.717, 1.165) is 5.25 Å². The third kappa shape index (κ3) is 3.88. The van der Waals surface area contributed by atoms with E-state index in [1.807, 2.05) is 7.05 Å². The van der Waals surface area contributed by atoms with E-state index in [4.69, 9.17) is 0 Å². The summed E-state index contributed by atoms with van der Waals surface area (Å²) in [5, 5.41) is 4.17. The molecule has 0 aromatic rings. The van der Waals surface area contributed by atoms with Gasteiger partial charge in [-0.05, 0) is 20.4 Å². The maximum absolute atomic E-state index is 3.30. The lowest BCUT2D eigenvalue weighted by atomic mass is 10.2. The van der Waals surface area contributed by atoms with E-state index in [2.05, 4.69) is 35.8 Å². The summed E-state index contributed by atoms with van der Waals surface area (Å²) in [6.07, 6.45) is 1.31. The topological polar surface area (TPSA) is 15.3 Å². The molecule has 2 nitrogen and oxygen atoms in total. The maximum Gasteiger partial charge on any atom is 0.0172 e. The largest absolute Gasteiger partial charge is 0.316 e. The second-order valence-electron chi connectivity index (χ2n) is 3.85. The molecule has 78 valence electrons. The molecule has 0 saturated carbocycles. The van der Waals surface area contributed by atoms with Gasteiger partial charge >= 0.3 is 0 Å². The van der Waals surface area contributed by atoms with Gasteiger partial charge < -0.3 is 5.32 Å². The molecule has 1 rings (SSSR count). The first kappa shape index (κ1) is 11.3. The second-order valence-corrected chi connectivity index (χ2v) is 5.26. The highest BCUT2D eigenvalue weighted by atomic mass is 32.2. The lowest BCUT2D eigenvalue weighted by molar-refractivity contribution is 0.257. The van der Waals surface area contributed by atoms with Crippen molar-refractivity contribution in [2.24, 2.45) is 0 Å². The van der Waals surface area contributed by atoms with Crippen LogP contribution in [-0.2, 0) is 0 Å². The van der Waals surface area contributed by atoms with Crippen LogP contribution in [0.5, 0.6) is 0 Å². The Hall–Kier alpha value is 0.270. The molecule has 0 bridgehead atoms. The Morgan fingerprint density at radius 2 is 2.38 bits per heavy atom. The van der Waals surface area contributed by atoms with Crippen LogP contribution < -0.4 is 5.32 Å². The fourth-order valence-electron chi connectivity index (χ4n) is 1.67. The predicted molar refractivity (Wildman–Crippen MR) is 61.5 cm³/mol. The molecule has 13 heavy (non-hydrogen) atoms. The number of nitrogens with one attached hydrogen (secondary N) is 1. The number of rotatable bonds is 4. The standard InChI is InChI=1S/C10H22N2S/c1-4-10-8-12(5-6-13-10)7-9(2)11-3/h9-11H,4-8H2,1-3H3.